The van der Waals surface area contributed by atoms with Crippen LogP contribution < -0.4 is 9.47 Å². The first kappa shape index (κ1) is 99.3. The van der Waals surface area contributed by atoms with Gasteiger partial charge < -0.3 is 9.47 Å². The molecule has 11 rings (SSSR count). The fraction of sp³-hybridized carbons (Fsp3) is 0.420. The molecule has 0 bridgehead atoms. The smallest absolute Gasteiger partial charge is 0.433 e. The zero-order valence-corrected chi connectivity index (χ0v) is 75.1. The maximum absolute atomic E-state index is 13.6. The van der Waals surface area contributed by atoms with E-state index in [0.29, 0.717) is 29.1 Å². The Morgan fingerprint density at radius 3 is 1.16 bits per heavy atom. The van der Waals surface area contributed by atoms with Crippen molar-refractivity contribution in [1.29, 1.82) is 0 Å². The molecule has 0 fully saturated rings. The lowest BCUT2D eigenvalue weighted by molar-refractivity contribution is -0.141. The average molecular weight is 1610 g/mol. The van der Waals surface area contributed by atoms with Crippen LogP contribution in [0.2, 0.25) is 0 Å². The Morgan fingerprint density at radius 1 is 0.325 bits per heavy atom. The summed E-state index contributed by atoms with van der Waals surface area (Å²) in [5, 5.41) is 0. The van der Waals surface area contributed by atoms with Gasteiger partial charge >= 0.3 is 12.4 Å². The molecule has 0 saturated carbocycles. The third kappa shape index (κ3) is 34.2. The highest BCUT2D eigenvalue weighted by Crippen LogP contribution is 2.37. The predicted molar refractivity (Wildman–Crippen MR) is 470 cm³/mol. The van der Waals surface area contributed by atoms with E-state index in [1.54, 1.807) is 36.7 Å². The van der Waals surface area contributed by atoms with Crippen molar-refractivity contribution in [3.05, 3.63) is 309 Å². The Balaban J connectivity index is 0.000000283. The number of halogens is 7. The molecule has 17 heteroatoms. The molecule has 11 aromatic rings. The van der Waals surface area contributed by atoms with Gasteiger partial charge in [0.25, 0.3) is 0 Å². The topological polar surface area (TPSA) is 122 Å². The standard InChI is InChI=1S/C17H21NO.C15H16FNO.C15H17N.C12H19N.C11H17N.2C10H12F3N.C10H15N/c1-12-8-6-10-15(13(12)2)19-16-14(17(3,4)5)9-7-11-18-16;1-15(2,3)11-7-6-10-17-14(11)18-13-9-5-4-8-12(13)16;1-15(2,3)14-10-9-13(11-16-14)12-7-5-4-6-8-12;1-9(2)11-7-6-10(8-13-11)12(3,4)5;1-5-9-7-6-8-10(12-9)11(2,3)4;1-9(2,3)8-5-4-7(6-14-8)10(11,12)13;1-9(2,3)7-5-4-6-8(14-7)10(11,12)13;1-8-6-5-7-9(11-8)10(2,3)4/h6-11H,1-5H3;4-10H,1-3H3;4-11H,1-3H3;6-9H,1-5H3;6-8H,5H2,1-4H3;2*4-6H,1-3H3;5-7H,1-4H3. The Labute approximate surface area is 696 Å². The first-order valence-electron chi connectivity index (χ1n) is 39.9. The minimum Gasteiger partial charge on any atom is -0.438 e. The van der Waals surface area contributed by atoms with Gasteiger partial charge in [0.1, 0.15) is 11.4 Å². The molecule has 3 aromatic carbocycles. The summed E-state index contributed by atoms with van der Waals surface area (Å²) in [5.74, 6) is 2.36. The molecular formula is C100H129F7N8O2. The summed E-state index contributed by atoms with van der Waals surface area (Å²) in [4.78, 5) is 33.9. The molecule has 8 aromatic heterocycles. The molecule has 0 unspecified atom stereocenters. The molecule has 0 atom stereocenters. The Bertz CT molecular complexity index is 4730. The minimum atomic E-state index is -4.36. The summed E-state index contributed by atoms with van der Waals surface area (Å²) in [7, 11) is 0. The predicted octanol–water partition coefficient (Wildman–Crippen LogP) is 29.1. The van der Waals surface area contributed by atoms with Crippen molar-refractivity contribution in [1.82, 2.24) is 39.9 Å². The van der Waals surface area contributed by atoms with Gasteiger partial charge in [0.05, 0.1) is 5.56 Å². The summed E-state index contributed by atoms with van der Waals surface area (Å²) in [6.45, 7) is 62.8. The molecule has 0 aliphatic heterocycles. The molecule has 0 radical (unpaired) electrons. The van der Waals surface area contributed by atoms with Gasteiger partial charge in [0.2, 0.25) is 11.8 Å². The van der Waals surface area contributed by atoms with E-state index in [1.165, 1.54) is 57.5 Å². The zero-order chi connectivity index (χ0) is 88.5. The molecule has 117 heavy (non-hydrogen) atoms. The van der Waals surface area contributed by atoms with Crippen molar-refractivity contribution in [2.75, 3.05) is 0 Å². The summed E-state index contributed by atoms with van der Waals surface area (Å²) < 4.78 is 98.6. The summed E-state index contributed by atoms with van der Waals surface area (Å²) in [6, 6.07) is 58.0. The van der Waals surface area contributed by atoms with E-state index in [-0.39, 0.29) is 54.9 Å². The third-order valence-corrected chi connectivity index (χ3v) is 18.1. The first-order chi connectivity index (χ1) is 53.8. The van der Waals surface area contributed by atoms with Gasteiger partial charge in [-0.2, -0.15) is 26.3 Å². The maximum Gasteiger partial charge on any atom is 0.433 e. The average Bonchev–Trinajstić information content (AvgIpc) is 0.807. The fourth-order valence-corrected chi connectivity index (χ4v) is 10.6. The molecule has 10 nitrogen and oxygen atoms in total. The number of alkyl halides is 6. The van der Waals surface area contributed by atoms with Crippen LogP contribution in [0, 0.1) is 26.6 Å². The van der Waals surface area contributed by atoms with Crippen LogP contribution in [0.25, 0.3) is 11.1 Å². The van der Waals surface area contributed by atoms with Crippen molar-refractivity contribution >= 4 is 0 Å². The normalized spacial score (nSPS) is 11.9. The quantitative estimate of drug-likeness (QED) is 0.143. The number of aromatic nitrogens is 8. The highest BCUT2D eigenvalue weighted by Gasteiger charge is 2.34. The van der Waals surface area contributed by atoms with Gasteiger partial charge in [0.15, 0.2) is 11.6 Å². The largest absolute Gasteiger partial charge is 0.438 e. The fourth-order valence-electron chi connectivity index (χ4n) is 10.6. The molecule has 8 heterocycles. The Hall–Kier alpha value is -10.0. The molecule has 0 aliphatic rings. The lowest BCUT2D eigenvalue weighted by atomic mass is 9.88. The highest BCUT2D eigenvalue weighted by atomic mass is 19.4. The van der Waals surface area contributed by atoms with E-state index in [1.807, 2.05) is 115 Å². The molecular weight excluding hydrogens is 1480 g/mol. The second-order valence-electron chi connectivity index (χ2n) is 37.3. The molecule has 0 saturated heterocycles. The summed E-state index contributed by atoms with van der Waals surface area (Å²) >= 11 is 0. The lowest BCUT2D eigenvalue weighted by Crippen LogP contribution is -2.17. The SMILES string of the molecule is CC(C)(C)c1ccc(-c2ccccc2)cn1.CC(C)(C)c1ccc(C(F)(F)F)cn1.CC(C)(C)c1cccc(C(F)(F)F)n1.CC(C)(C)c1cccnc1Oc1ccccc1F.CC(C)c1ccc(C(C)(C)C)cn1.CCc1cccc(C(C)(C)C)n1.Cc1cccc(C(C)(C)C)n1.Cc1cccc(Oc2ncccc2C(C)(C)C)c1C. The number of nitrogens with zero attached hydrogens (tertiary/aromatic N) is 8. The zero-order valence-electron chi connectivity index (χ0n) is 75.1. The maximum atomic E-state index is 13.6. The van der Waals surface area contributed by atoms with Gasteiger partial charge in [-0.05, 0) is 163 Å². The van der Waals surface area contributed by atoms with Crippen LogP contribution >= 0.6 is 0 Å². The van der Waals surface area contributed by atoms with E-state index in [0.717, 1.165) is 64.3 Å². The number of rotatable bonds is 7. The van der Waals surface area contributed by atoms with Gasteiger partial charge in [-0.25, -0.2) is 19.3 Å². The molecule has 0 spiro atoms. The van der Waals surface area contributed by atoms with Crippen LogP contribution in [0.4, 0.5) is 30.7 Å². The van der Waals surface area contributed by atoms with Gasteiger partial charge in [-0.15, -0.1) is 0 Å². The second kappa shape index (κ2) is 42.4. The molecule has 0 N–H and O–H groups in total. The number of aryl methyl sites for hydroxylation is 3. The monoisotopic (exact) mass is 1610 g/mol. The Morgan fingerprint density at radius 2 is 0.752 bits per heavy atom. The third-order valence-electron chi connectivity index (χ3n) is 18.1. The van der Waals surface area contributed by atoms with E-state index in [9.17, 15) is 30.7 Å². The number of ether oxygens (including phenoxy) is 2. The lowest BCUT2D eigenvalue weighted by Gasteiger charge is -2.22. The van der Waals surface area contributed by atoms with Crippen LogP contribution in [0.15, 0.2) is 219 Å². The summed E-state index contributed by atoms with van der Waals surface area (Å²) in [5.41, 5.74) is 14.7. The van der Waals surface area contributed by atoms with Gasteiger partial charge in [-0.3, -0.25) is 24.9 Å². The second-order valence-corrected chi connectivity index (χ2v) is 37.3. The number of hydrogen-bond donors (Lipinski definition) is 0. The van der Waals surface area contributed by atoms with Crippen LogP contribution in [-0.4, -0.2) is 39.9 Å². The minimum absolute atomic E-state index is 0.0152. The summed E-state index contributed by atoms with van der Waals surface area (Å²) in [6.07, 6.45) is 0.599. The molecule has 0 aliphatic carbocycles. The Kier molecular flexibility index (Phi) is 36.0. The van der Waals surface area contributed by atoms with Crippen molar-refractivity contribution in [2.45, 2.75) is 276 Å². The van der Waals surface area contributed by atoms with Crippen molar-refractivity contribution in [3.63, 3.8) is 0 Å². The van der Waals surface area contributed by atoms with Crippen LogP contribution in [0.5, 0.6) is 23.3 Å². The molecule has 630 valence electrons. The van der Waals surface area contributed by atoms with Crippen LogP contribution in [0.1, 0.15) is 277 Å². The van der Waals surface area contributed by atoms with Crippen molar-refractivity contribution < 1.29 is 40.2 Å². The van der Waals surface area contributed by atoms with Gasteiger partial charge in [-0.1, -0.05) is 284 Å². The van der Waals surface area contributed by atoms with E-state index in [2.05, 4.69) is 278 Å². The van der Waals surface area contributed by atoms with E-state index >= 15 is 0 Å². The molecule has 0 amide bonds. The number of pyridine rings is 8. The number of para-hydroxylation sites is 1. The first-order valence-corrected chi connectivity index (χ1v) is 39.9. The van der Waals surface area contributed by atoms with E-state index < -0.39 is 23.6 Å². The van der Waals surface area contributed by atoms with Crippen LogP contribution in [0.3, 0.4) is 0 Å². The van der Waals surface area contributed by atoms with Gasteiger partial charge in [0, 0.05) is 120 Å². The van der Waals surface area contributed by atoms with Crippen molar-refractivity contribution in [3.8, 4) is 34.4 Å². The number of benzene rings is 3. The number of hydrogen-bond acceptors (Lipinski definition) is 10. The van der Waals surface area contributed by atoms with Crippen LogP contribution in [-0.2, 0) is 62.1 Å². The highest BCUT2D eigenvalue weighted by molar-refractivity contribution is 5.62. The van der Waals surface area contributed by atoms with E-state index in [4.69, 9.17) is 9.47 Å². The van der Waals surface area contributed by atoms with Crippen molar-refractivity contribution in [2.24, 2.45) is 0 Å².